The van der Waals surface area contributed by atoms with Gasteiger partial charge in [-0.25, -0.2) is 0 Å². The summed E-state index contributed by atoms with van der Waals surface area (Å²) in [6, 6.07) is 7.53. The molecule has 0 spiro atoms. The summed E-state index contributed by atoms with van der Waals surface area (Å²) in [5.74, 6) is 1.56. The largest absolute Gasteiger partial charge is 0.497 e. The van der Waals surface area contributed by atoms with Crippen molar-refractivity contribution in [3.05, 3.63) is 24.3 Å². The summed E-state index contributed by atoms with van der Waals surface area (Å²) >= 11 is 0. The van der Waals surface area contributed by atoms with Crippen LogP contribution in [-0.4, -0.2) is 62.7 Å². The lowest BCUT2D eigenvalue weighted by Crippen LogP contribution is -2.45. The molecule has 1 aliphatic heterocycles. The molecule has 1 aromatic carbocycles. The number of ether oxygens (including phenoxy) is 3. The maximum Gasteiger partial charge on any atom is 0.123 e. The molecule has 19 heavy (non-hydrogen) atoms. The smallest absolute Gasteiger partial charge is 0.123 e. The van der Waals surface area contributed by atoms with Crippen molar-refractivity contribution >= 4 is 0 Å². The normalized spacial score (nSPS) is 20.2. The van der Waals surface area contributed by atoms with Crippen molar-refractivity contribution in [2.75, 3.05) is 46.6 Å². The number of β-amino-alcohol motifs (C(OH)–C–C–N with tert-alkyl or cyclic N) is 1. The van der Waals surface area contributed by atoms with Crippen LogP contribution in [0, 0.1) is 0 Å². The molecule has 1 aliphatic rings. The van der Waals surface area contributed by atoms with Gasteiger partial charge in [0.05, 0.1) is 20.3 Å². The predicted octanol–water partition coefficient (Wildman–Crippen LogP) is 0.767. The van der Waals surface area contributed by atoms with Crippen LogP contribution in [0.4, 0.5) is 0 Å². The van der Waals surface area contributed by atoms with Gasteiger partial charge in [0.25, 0.3) is 0 Å². The third-order valence-corrected chi connectivity index (χ3v) is 3.12. The Morgan fingerprint density at radius 1 is 1.42 bits per heavy atom. The van der Waals surface area contributed by atoms with Crippen molar-refractivity contribution in [1.29, 1.82) is 0 Å². The molecule has 0 radical (unpaired) electrons. The van der Waals surface area contributed by atoms with Crippen molar-refractivity contribution in [3.63, 3.8) is 0 Å². The fourth-order valence-corrected chi connectivity index (χ4v) is 2.11. The van der Waals surface area contributed by atoms with Gasteiger partial charge in [0.15, 0.2) is 0 Å². The Labute approximate surface area is 113 Å². The van der Waals surface area contributed by atoms with E-state index in [0.717, 1.165) is 24.6 Å². The van der Waals surface area contributed by atoms with Crippen LogP contribution in [0.25, 0.3) is 0 Å². The van der Waals surface area contributed by atoms with E-state index in [1.165, 1.54) is 0 Å². The molecule has 1 heterocycles. The molecule has 0 unspecified atom stereocenters. The molecular formula is C14H21NO4. The fourth-order valence-electron chi connectivity index (χ4n) is 2.11. The van der Waals surface area contributed by atoms with Crippen LogP contribution in [0.2, 0.25) is 0 Å². The summed E-state index contributed by atoms with van der Waals surface area (Å²) in [6.07, 6.45) is 0.0477. The van der Waals surface area contributed by atoms with E-state index >= 15 is 0 Å². The van der Waals surface area contributed by atoms with Crippen molar-refractivity contribution < 1.29 is 19.3 Å². The van der Waals surface area contributed by atoms with E-state index in [4.69, 9.17) is 19.3 Å². The van der Waals surface area contributed by atoms with Crippen LogP contribution < -0.4 is 9.47 Å². The second-order valence-electron chi connectivity index (χ2n) is 4.51. The summed E-state index contributed by atoms with van der Waals surface area (Å²) in [7, 11) is 1.64. The minimum atomic E-state index is 0.0477. The Bertz CT molecular complexity index is 383. The van der Waals surface area contributed by atoms with E-state index in [9.17, 15) is 0 Å². The van der Waals surface area contributed by atoms with Gasteiger partial charge in [-0.1, -0.05) is 6.07 Å². The monoisotopic (exact) mass is 267 g/mol. The molecule has 5 heteroatoms. The van der Waals surface area contributed by atoms with Gasteiger partial charge in [-0.05, 0) is 12.1 Å². The minimum absolute atomic E-state index is 0.0477. The molecular weight excluding hydrogens is 246 g/mol. The summed E-state index contributed by atoms with van der Waals surface area (Å²) < 4.78 is 16.5. The average Bonchev–Trinajstić information content (AvgIpc) is 2.46. The molecule has 106 valence electrons. The van der Waals surface area contributed by atoms with E-state index in [1.807, 2.05) is 24.3 Å². The number of aliphatic hydroxyl groups is 1. The first-order valence-corrected chi connectivity index (χ1v) is 6.53. The van der Waals surface area contributed by atoms with Gasteiger partial charge in [-0.3, -0.25) is 4.90 Å². The summed E-state index contributed by atoms with van der Waals surface area (Å²) in [5, 5.41) is 8.94. The van der Waals surface area contributed by atoms with Crippen LogP contribution in [-0.2, 0) is 4.74 Å². The van der Waals surface area contributed by atoms with Crippen molar-refractivity contribution in [2.45, 2.75) is 6.10 Å². The number of nitrogens with zero attached hydrogens (tertiary/aromatic N) is 1. The number of benzene rings is 1. The number of rotatable bonds is 6. The third-order valence-electron chi connectivity index (χ3n) is 3.12. The molecule has 0 aliphatic carbocycles. The lowest BCUT2D eigenvalue weighted by Gasteiger charge is -2.32. The molecule has 5 nitrogen and oxygen atoms in total. The quantitative estimate of drug-likeness (QED) is 0.825. The second-order valence-corrected chi connectivity index (χ2v) is 4.51. The minimum Gasteiger partial charge on any atom is -0.497 e. The molecule has 1 fully saturated rings. The molecule has 1 aromatic rings. The van der Waals surface area contributed by atoms with Crippen LogP contribution in [0.15, 0.2) is 24.3 Å². The molecule has 2 rings (SSSR count). The molecule has 0 saturated carbocycles. The van der Waals surface area contributed by atoms with Crippen LogP contribution >= 0.6 is 0 Å². The number of morpholine rings is 1. The molecule has 0 bridgehead atoms. The van der Waals surface area contributed by atoms with Gasteiger partial charge < -0.3 is 19.3 Å². The van der Waals surface area contributed by atoms with E-state index < -0.39 is 0 Å². The lowest BCUT2D eigenvalue weighted by atomic mass is 10.3. The highest BCUT2D eigenvalue weighted by molar-refractivity contribution is 5.32. The summed E-state index contributed by atoms with van der Waals surface area (Å²) in [5.41, 5.74) is 0. The van der Waals surface area contributed by atoms with E-state index in [2.05, 4.69) is 4.90 Å². The number of hydrogen-bond acceptors (Lipinski definition) is 5. The standard InChI is InChI=1S/C14H21NO4/c1-17-12-3-2-4-13(9-12)19-11-14-10-15(5-7-16)6-8-18-14/h2-4,9,14,16H,5-8,10-11H2,1H3/t14-/m0/s1. The summed E-state index contributed by atoms with van der Waals surface area (Å²) in [6.45, 7) is 3.74. The zero-order valence-electron chi connectivity index (χ0n) is 11.2. The van der Waals surface area contributed by atoms with Crippen LogP contribution in [0.3, 0.4) is 0 Å². The predicted molar refractivity (Wildman–Crippen MR) is 71.8 cm³/mol. The number of aliphatic hydroxyl groups excluding tert-OH is 1. The fraction of sp³-hybridized carbons (Fsp3) is 0.571. The first-order chi connectivity index (χ1) is 9.31. The highest BCUT2D eigenvalue weighted by atomic mass is 16.5. The van der Waals surface area contributed by atoms with Gasteiger partial charge >= 0.3 is 0 Å². The Hall–Kier alpha value is -1.30. The van der Waals surface area contributed by atoms with Crippen LogP contribution in [0.1, 0.15) is 0 Å². The summed E-state index contributed by atoms with van der Waals surface area (Å²) in [4.78, 5) is 2.18. The van der Waals surface area contributed by atoms with Gasteiger partial charge in [0, 0.05) is 25.7 Å². The van der Waals surface area contributed by atoms with Crippen LogP contribution in [0.5, 0.6) is 11.5 Å². The Balaban J connectivity index is 1.80. The highest BCUT2D eigenvalue weighted by Gasteiger charge is 2.20. The molecule has 1 atom stereocenters. The Morgan fingerprint density at radius 3 is 3.05 bits per heavy atom. The highest BCUT2D eigenvalue weighted by Crippen LogP contribution is 2.19. The van der Waals surface area contributed by atoms with Gasteiger partial charge in [-0.15, -0.1) is 0 Å². The molecule has 1 saturated heterocycles. The zero-order valence-corrected chi connectivity index (χ0v) is 11.2. The van der Waals surface area contributed by atoms with E-state index in [-0.39, 0.29) is 12.7 Å². The maximum absolute atomic E-state index is 8.94. The third kappa shape index (κ3) is 4.38. The molecule has 1 N–H and O–H groups in total. The number of methoxy groups -OCH3 is 1. The molecule has 0 amide bonds. The van der Waals surface area contributed by atoms with Crippen molar-refractivity contribution in [2.24, 2.45) is 0 Å². The topological polar surface area (TPSA) is 51.2 Å². The van der Waals surface area contributed by atoms with E-state index in [0.29, 0.717) is 19.8 Å². The van der Waals surface area contributed by atoms with Crippen molar-refractivity contribution in [1.82, 2.24) is 4.90 Å². The van der Waals surface area contributed by atoms with Gasteiger partial charge in [0.1, 0.15) is 24.2 Å². The zero-order chi connectivity index (χ0) is 13.5. The number of hydrogen-bond donors (Lipinski definition) is 1. The average molecular weight is 267 g/mol. The Morgan fingerprint density at radius 2 is 2.26 bits per heavy atom. The first kappa shape index (κ1) is 14.1. The maximum atomic E-state index is 8.94. The SMILES string of the molecule is COc1cccc(OC[C@@H]2CN(CCO)CCO2)c1. The Kier molecular flexibility index (Phi) is 5.44. The van der Waals surface area contributed by atoms with Crippen molar-refractivity contribution in [3.8, 4) is 11.5 Å². The lowest BCUT2D eigenvalue weighted by molar-refractivity contribution is -0.0508. The van der Waals surface area contributed by atoms with Gasteiger partial charge in [-0.2, -0.15) is 0 Å². The first-order valence-electron chi connectivity index (χ1n) is 6.53. The van der Waals surface area contributed by atoms with Gasteiger partial charge in [0.2, 0.25) is 0 Å². The second kappa shape index (κ2) is 7.33. The van der Waals surface area contributed by atoms with E-state index in [1.54, 1.807) is 7.11 Å². The molecule has 0 aromatic heterocycles.